The highest BCUT2D eigenvalue weighted by Gasteiger charge is 2.34. The Morgan fingerprint density at radius 1 is 1.47 bits per heavy atom. The predicted molar refractivity (Wildman–Crippen MR) is 44.1 cm³/mol. The van der Waals surface area contributed by atoms with Crippen molar-refractivity contribution in [2.45, 2.75) is 12.5 Å². The molecule has 0 radical (unpaired) electrons. The Balaban J connectivity index is 2.13. The van der Waals surface area contributed by atoms with Crippen molar-refractivity contribution in [2.75, 3.05) is 0 Å². The number of halogens is 3. The molecule has 2 rings (SSSR count). The first kappa shape index (κ1) is 9.91. The number of urea groups is 1. The number of hydrogen-bond donors (Lipinski definition) is 1. The Hall–Kier alpha value is -1.63. The lowest BCUT2D eigenvalue weighted by molar-refractivity contribution is -0.330. The van der Waals surface area contributed by atoms with Crippen molar-refractivity contribution < 1.29 is 22.7 Å². The summed E-state index contributed by atoms with van der Waals surface area (Å²) in [4.78, 5) is 14.3. The molecule has 0 aromatic rings. The third-order valence-corrected chi connectivity index (χ3v) is 1.78. The van der Waals surface area contributed by atoms with Crippen molar-refractivity contribution in [3.63, 3.8) is 0 Å². The van der Waals surface area contributed by atoms with E-state index < -0.39 is 18.5 Å². The lowest BCUT2D eigenvalue weighted by atomic mass is 10.1. The zero-order chi connectivity index (χ0) is 11.1. The largest absolute Gasteiger partial charge is 0.523 e. The molecule has 0 aromatic carbocycles. The number of nitrogens with one attached hydrogen (secondary N) is 1. The van der Waals surface area contributed by atoms with Crippen molar-refractivity contribution in [1.82, 2.24) is 5.32 Å². The number of carbonyl (C=O) groups is 1. The van der Waals surface area contributed by atoms with Gasteiger partial charge >= 0.3 is 12.4 Å². The smallest absolute Gasteiger partial charge is 0.304 e. The van der Waals surface area contributed by atoms with Crippen LogP contribution in [0, 0.1) is 0 Å². The Morgan fingerprint density at radius 2 is 2.20 bits per heavy atom. The van der Waals surface area contributed by atoms with Crippen LogP contribution in [0.1, 0.15) is 0 Å². The van der Waals surface area contributed by atoms with E-state index >= 15 is 0 Å². The van der Waals surface area contributed by atoms with Gasteiger partial charge in [-0.25, -0.2) is 4.79 Å². The van der Waals surface area contributed by atoms with E-state index in [4.69, 9.17) is 0 Å². The SMILES string of the molecule is O=C1N=C2C=CC(OC(F)(F)F)C=C2N1. The average Bonchev–Trinajstić information content (AvgIpc) is 2.40. The highest BCUT2D eigenvalue weighted by Crippen LogP contribution is 2.23. The lowest BCUT2D eigenvalue weighted by Crippen LogP contribution is -2.25. The quantitative estimate of drug-likeness (QED) is 0.725. The van der Waals surface area contributed by atoms with Gasteiger partial charge in [0.2, 0.25) is 0 Å². The molecule has 0 aromatic heterocycles. The molecule has 2 amide bonds. The van der Waals surface area contributed by atoms with Gasteiger partial charge in [-0.05, 0) is 18.2 Å². The molecule has 7 heteroatoms. The van der Waals surface area contributed by atoms with E-state index in [-0.39, 0.29) is 5.70 Å². The van der Waals surface area contributed by atoms with E-state index in [2.05, 4.69) is 15.0 Å². The number of rotatable bonds is 1. The van der Waals surface area contributed by atoms with Gasteiger partial charge in [0.15, 0.2) is 0 Å². The molecule has 1 unspecified atom stereocenters. The van der Waals surface area contributed by atoms with Crippen LogP contribution in [-0.4, -0.2) is 24.2 Å². The van der Waals surface area contributed by atoms with E-state index in [1.54, 1.807) is 0 Å². The Kier molecular flexibility index (Phi) is 2.11. The van der Waals surface area contributed by atoms with Crippen molar-refractivity contribution in [3.05, 3.63) is 23.9 Å². The molecule has 1 atom stereocenters. The van der Waals surface area contributed by atoms with Crippen LogP contribution in [0.2, 0.25) is 0 Å². The van der Waals surface area contributed by atoms with E-state index in [0.717, 1.165) is 6.08 Å². The summed E-state index contributed by atoms with van der Waals surface area (Å²) >= 11 is 0. The summed E-state index contributed by atoms with van der Waals surface area (Å²) in [7, 11) is 0. The average molecular weight is 218 g/mol. The second kappa shape index (κ2) is 3.20. The maximum absolute atomic E-state index is 11.9. The zero-order valence-corrected chi connectivity index (χ0v) is 7.21. The molecule has 0 saturated heterocycles. The van der Waals surface area contributed by atoms with Crippen LogP contribution in [0.4, 0.5) is 18.0 Å². The first-order valence-corrected chi connectivity index (χ1v) is 3.99. The number of nitrogens with zero attached hydrogens (tertiary/aromatic N) is 1. The number of alkyl halides is 3. The molecule has 1 heterocycles. The number of aliphatic imine (C=N–C) groups is 1. The molecule has 1 aliphatic heterocycles. The predicted octanol–water partition coefficient (Wildman–Crippen LogP) is 1.51. The normalized spacial score (nSPS) is 24.5. The van der Waals surface area contributed by atoms with Crippen LogP contribution in [0.5, 0.6) is 0 Å². The zero-order valence-electron chi connectivity index (χ0n) is 7.21. The molecule has 0 bridgehead atoms. The Morgan fingerprint density at radius 3 is 2.87 bits per heavy atom. The van der Waals surface area contributed by atoms with Crippen molar-refractivity contribution >= 4 is 11.7 Å². The van der Waals surface area contributed by atoms with Gasteiger partial charge < -0.3 is 5.32 Å². The minimum atomic E-state index is -4.71. The van der Waals surface area contributed by atoms with Crippen LogP contribution >= 0.6 is 0 Å². The maximum Gasteiger partial charge on any atom is 0.523 e. The fourth-order valence-corrected chi connectivity index (χ4v) is 1.26. The molecule has 15 heavy (non-hydrogen) atoms. The molecular weight excluding hydrogens is 213 g/mol. The van der Waals surface area contributed by atoms with Gasteiger partial charge in [-0.15, -0.1) is 13.2 Å². The van der Waals surface area contributed by atoms with Crippen LogP contribution in [0.15, 0.2) is 28.9 Å². The third-order valence-electron chi connectivity index (χ3n) is 1.78. The summed E-state index contributed by atoms with van der Waals surface area (Å²) < 4.78 is 39.3. The fourth-order valence-electron chi connectivity index (χ4n) is 1.26. The highest BCUT2D eigenvalue weighted by atomic mass is 19.4. The molecule has 0 fully saturated rings. The number of hydrogen-bond acceptors (Lipinski definition) is 2. The standard InChI is InChI=1S/C8H5F3N2O2/c9-8(10,11)15-4-1-2-5-6(3-4)13-7(14)12-5/h1-4H,(H,13,14). The van der Waals surface area contributed by atoms with Gasteiger partial charge in [-0.3, -0.25) is 4.74 Å². The molecule has 1 N–H and O–H groups in total. The van der Waals surface area contributed by atoms with Crippen LogP contribution < -0.4 is 5.32 Å². The summed E-state index contributed by atoms with van der Waals surface area (Å²) in [6.45, 7) is 0. The van der Waals surface area contributed by atoms with E-state index in [9.17, 15) is 18.0 Å². The Bertz CT molecular complexity index is 395. The molecular formula is C8H5F3N2O2. The monoisotopic (exact) mass is 218 g/mol. The second-order valence-corrected chi connectivity index (χ2v) is 2.89. The lowest BCUT2D eigenvalue weighted by Gasteiger charge is -2.16. The maximum atomic E-state index is 11.9. The topological polar surface area (TPSA) is 50.7 Å². The minimum absolute atomic E-state index is 0.247. The second-order valence-electron chi connectivity index (χ2n) is 2.89. The third kappa shape index (κ3) is 2.24. The van der Waals surface area contributed by atoms with E-state index in [1.807, 2.05) is 0 Å². The van der Waals surface area contributed by atoms with E-state index in [1.165, 1.54) is 12.2 Å². The van der Waals surface area contributed by atoms with Crippen molar-refractivity contribution in [3.8, 4) is 0 Å². The van der Waals surface area contributed by atoms with Gasteiger partial charge in [-0.2, -0.15) is 4.99 Å². The number of amides is 2. The van der Waals surface area contributed by atoms with Gasteiger partial charge in [0, 0.05) is 0 Å². The first-order chi connectivity index (χ1) is 6.94. The fraction of sp³-hybridized carbons (Fsp3) is 0.250. The summed E-state index contributed by atoms with van der Waals surface area (Å²) in [6, 6.07) is -0.589. The van der Waals surface area contributed by atoms with Gasteiger partial charge in [0.25, 0.3) is 0 Å². The van der Waals surface area contributed by atoms with Crippen LogP contribution in [0.25, 0.3) is 0 Å². The minimum Gasteiger partial charge on any atom is -0.304 e. The number of fused-ring (bicyclic) bond motifs is 1. The number of carbonyl (C=O) groups excluding carboxylic acids is 1. The summed E-state index contributed by atoms with van der Waals surface area (Å²) in [6.07, 6.45) is -2.29. The Labute approximate surface area is 82.1 Å². The molecule has 1 aliphatic carbocycles. The number of ether oxygens (including phenoxy) is 1. The van der Waals surface area contributed by atoms with Gasteiger partial charge in [-0.1, -0.05) is 0 Å². The number of allylic oxidation sites excluding steroid dienone is 1. The first-order valence-electron chi connectivity index (χ1n) is 3.99. The molecule has 2 aliphatic rings. The summed E-state index contributed by atoms with van der Waals surface area (Å²) in [5.74, 6) is 0. The molecule has 4 nitrogen and oxygen atoms in total. The molecule has 80 valence electrons. The molecule has 0 spiro atoms. The van der Waals surface area contributed by atoms with Gasteiger partial charge in [0.1, 0.15) is 6.10 Å². The summed E-state index contributed by atoms with van der Waals surface area (Å²) in [5.41, 5.74) is 0.568. The van der Waals surface area contributed by atoms with Crippen LogP contribution in [0.3, 0.4) is 0 Å². The summed E-state index contributed by atoms with van der Waals surface area (Å²) in [5, 5.41) is 2.29. The van der Waals surface area contributed by atoms with E-state index in [0.29, 0.717) is 5.71 Å². The van der Waals surface area contributed by atoms with Crippen molar-refractivity contribution in [2.24, 2.45) is 4.99 Å². The molecule has 0 saturated carbocycles. The highest BCUT2D eigenvalue weighted by molar-refractivity contribution is 6.18. The van der Waals surface area contributed by atoms with Crippen molar-refractivity contribution in [1.29, 1.82) is 0 Å². The van der Waals surface area contributed by atoms with Crippen LogP contribution in [-0.2, 0) is 4.74 Å². The van der Waals surface area contributed by atoms with Gasteiger partial charge in [0.05, 0.1) is 11.4 Å².